The van der Waals surface area contributed by atoms with E-state index in [-0.39, 0.29) is 5.95 Å². The van der Waals surface area contributed by atoms with Gasteiger partial charge in [0.25, 0.3) is 0 Å². The van der Waals surface area contributed by atoms with Gasteiger partial charge in [-0.2, -0.15) is 0 Å². The number of nitrogens with zero attached hydrogens (tertiary/aromatic N) is 2. The van der Waals surface area contributed by atoms with Crippen LogP contribution in [0.5, 0.6) is 0 Å². The monoisotopic (exact) mass is 239 g/mol. The molecule has 0 saturated heterocycles. The first kappa shape index (κ1) is 8.25. The zero-order valence-electron chi connectivity index (χ0n) is 6.57. The number of rotatable bonds is 1. The topological polar surface area (TPSA) is 64.9 Å². The van der Waals surface area contributed by atoms with E-state index in [1.165, 1.54) is 0 Å². The molecule has 66 valence electrons. The zero-order valence-corrected chi connectivity index (χ0v) is 8.15. The van der Waals surface area contributed by atoms with Crippen LogP contribution in [0, 0.1) is 0 Å². The Morgan fingerprint density at radius 2 is 2.23 bits per heavy atom. The molecule has 0 saturated carbocycles. The van der Waals surface area contributed by atoms with E-state index >= 15 is 0 Å². The molecule has 0 radical (unpaired) electrons. The van der Waals surface area contributed by atoms with Crippen molar-refractivity contribution in [2.24, 2.45) is 0 Å². The molecule has 2 N–H and O–H groups in total. The Morgan fingerprint density at radius 1 is 1.38 bits per heavy atom. The molecule has 0 bridgehead atoms. The number of aromatic nitrogens is 2. The van der Waals surface area contributed by atoms with Crippen molar-refractivity contribution in [2.75, 3.05) is 5.73 Å². The molecule has 0 unspecified atom stereocenters. The van der Waals surface area contributed by atoms with Crippen LogP contribution in [-0.2, 0) is 0 Å². The number of hydrogen-bond acceptors (Lipinski definition) is 4. The van der Waals surface area contributed by atoms with Crippen molar-refractivity contribution in [3.05, 3.63) is 29.1 Å². The van der Waals surface area contributed by atoms with Gasteiger partial charge in [-0.05, 0) is 28.1 Å². The lowest BCUT2D eigenvalue weighted by atomic mass is 10.3. The number of hydrogen-bond donors (Lipinski definition) is 1. The van der Waals surface area contributed by atoms with Crippen LogP contribution in [0.4, 0.5) is 5.95 Å². The number of nitrogens with two attached hydrogens (primary N) is 1. The van der Waals surface area contributed by atoms with Crippen LogP contribution in [0.1, 0.15) is 0 Å². The molecule has 0 aliphatic carbocycles. The minimum absolute atomic E-state index is 0.237. The highest BCUT2D eigenvalue weighted by Crippen LogP contribution is 2.27. The van der Waals surface area contributed by atoms with Crippen LogP contribution in [0.2, 0.25) is 0 Å². The number of anilines is 1. The van der Waals surface area contributed by atoms with Crippen LogP contribution in [0.3, 0.4) is 0 Å². The van der Waals surface area contributed by atoms with Gasteiger partial charge in [0.2, 0.25) is 5.95 Å². The maximum Gasteiger partial charge on any atom is 0.220 e. The minimum Gasteiger partial charge on any atom is -0.461 e. The van der Waals surface area contributed by atoms with Gasteiger partial charge in [0.05, 0.1) is 10.7 Å². The Morgan fingerprint density at radius 3 is 2.85 bits per heavy atom. The van der Waals surface area contributed by atoms with Gasteiger partial charge in [0.1, 0.15) is 5.69 Å². The van der Waals surface area contributed by atoms with E-state index < -0.39 is 0 Å². The van der Waals surface area contributed by atoms with Crippen molar-refractivity contribution in [1.82, 2.24) is 9.97 Å². The lowest BCUT2D eigenvalue weighted by Crippen LogP contribution is -1.94. The lowest BCUT2D eigenvalue weighted by molar-refractivity contribution is 0.579. The molecule has 0 aromatic carbocycles. The first-order valence-corrected chi connectivity index (χ1v) is 4.38. The third-order valence-corrected chi connectivity index (χ3v) is 2.15. The number of halogens is 1. The summed E-state index contributed by atoms with van der Waals surface area (Å²) in [5.74, 6) is 0.898. The summed E-state index contributed by atoms with van der Waals surface area (Å²) in [4.78, 5) is 7.81. The van der Waals surface area contributed by atoms with E-state index in [4.69, 9.17) is 10.2 Å². The van der Waals surface area contributed by atoms with Crippen molar-refractivity contribution in [2.45, 2.75) is 0 Å². The molecule has 2 aromatic heterocycles. The summed E-state index contributed by atoms with van der Waals surface area (Å²) < 4.78 is 6.07. The zero-order chi connectivity index (χ0) is 9.26. The van der Waals surface area contributed by atoms with Gasteiger partial charge in [-0.25, -0.2) is 9.97 Å². The highest BCUT2D eigenvalue weighted by atomic mass is 79.9. The highest BCUT2D eigenvalue weighted by molar-refractivity contribution is 9.10. The minimum atomic E-state index is 0.237. The standard InChI is InChI=1S/C8H6BrN3O/c9-5-2-4-13-7(5)6-1-3-11-8(10)12-6/h1-4H,(H2,10,11,12). The molecule has 5 heteroatoms. The third kappa shape index (κ3) is 1.55. The fourth-order valence-corrected chi connectivity index (χ4v) is 1.38. The summed E-state index contributed by atoms with van der Waals surface area (Å²) in [6, 6.07) is 3.54. The molecule has 4 nitrogen and oxygen atoms in total. The van der Waals surface area contributed by atoms with E-state index in [2.05, 4.69) is 25.9 Å². The quantitative estimate of drug-likeness (QED) is 0.828. The fraction of sp³-hybridized carbons (Fsp3) is 0. The second-order valence-electron chi connectivity index (χ2n) is 2.40. The summed E-state index contributed by atoms with van der Waals surface area (Å²) in [7, 11) is 0. The highest BCUT2D eigenvalue weighted by Gasteiger charge is 2.07. The first-order valence-electron chi connectivity index (χ1n) is 3.59. The maximum absolute atomic E-state index is 5.44. The largest absolute Gasteiger partial charge is 0.461 e. The summed E-state index contributed by atoms with van der Waals surface area (Å²) in [6.45, 7) is 0. The van der Waals surface area contributed by atoms with Gasteiger partial charge < -0.3 is 10.2 Å². The van der Waals surface area contributed by atoms with E-state index in [0.29, 0.717) is 11.5 Å². The Balaban J connectivity index is 2.53. The summed E-state index contributed by atoms with van der Waals surface area (Å²) in [5.41, 5.74) is 6.11. The molecule has 0 amide bonds. The van der Waals surface area contributed by atoms with Crippen LogP contribution < -0.4 is 5.73 Å². The first-order chi connectivity index (χ1) is 6.27. The average molecular weight is 240 g/mol. The molecule has 2 aromatic rings. The van der Waals surface area contributed by atoms with E-state index in [1.54, 1.807) is 24.6 Å². The SMILES string of the molecule is Nc1nccc(-c2occc2Br)n1. The van der Waals surface area contributed by atoms with E-state index in [1.807, 2.05) is 0 Å². The second-order valence-corrected chi connectivity index (χ2v) is 3.25. The van der Waals surface area contributed by atoms with Gasteiger partial charge in [-0.3, -0.25) is 0 Å². The summed E-state index contributed by atoms with van der Waals surface area (Å²) in [6.07, 6.45) is 3.17. The van der Waals surface area contributed by atoms with Gasteiger partial charge in [0, 0.05) is 6.20 Å². The molecular weight excluding hydrogens is 234 g/mol. The van der Waals surface area contributed by atoms with Gasteiger partial charge >= 0.3 is 0 Å². The normalized spacial score (nSPS) is 10.2. The number of furan rings is 1. The molecule has 0 spiro atoms. The van der Waals surface area contributed by atoms with Gasteiger partial charge in [-0.1, -0.05) is 0 Å². The van der Waals surface area contributed by atoms with Crippen molar-refractivity contribution < 1.29 is 4.42 Å². The smallest absolute Gasteiger partial charge is 0.220 e. The predicted octanol–water partition coefficient (Wildman–Crippen LogP) is 2.08. The maximum atomic E-state index is 5.44. The summed E-state index contributed by atoms with van der Waals surface area (Å²) >= 11 is 3.33. The van der Waals surface area contributed by atoms with Crippen LogP contribution in [-0.4, -0.2) is 9.97 Å². The van der Waals surface area contributed by atoms with Crippen LogP contribution in [0.25, 0.3) is 11.5 Å². The molecule has 0 atom stereocenters. The third-order valence-electron chi connectivity index (χ3n) is 1.52. The van der Waals surface area contributed by atoms with Crippen LogP contribution in [0.15, 0.2) is 33.5 Å². The molecule has 13 heavy (non-hydrogen) atoms. The molecule has 0 aliphatic rings. The Bertz CT molecular complexity index is 427. The molecular formula is C8H6BrN3O. The fourth-order valence-electron chi connectivity index (χ4n) is 0.977. The second kappa shape index (κ2) is 3.18. The Hall–Kier alpha value is -1.36. The molecule has 2 rings (SSSR count). The van der Waals surface area contributed by atoms with E-state index in [0.717, 1.165) is 4.47 Å². The van der Waals surface area contributed by atoms with Gasteiger partial charge in [-0.15, -0.1) is 0 Å². The van der Waals surface area contributed by atoms with Gasteiger partial charge in [0.15, 0.2) is 5.76 Å². The van der Waals surface area contributed by atoms with Crippen LogP contribution >= 0.6 is 15.9 Å². The predicted molar refractivity (Wildman–Crippen MR) is 51.8 cm³/mol. The van der Waals surface area contributed by atoms with E-state index in [9.17, 15) is 0 Å². The Labute approximate surface area is 82.9 Å². The van der Waals surface area contributed by atoms with Crippen molar-refractivity contribution in [3.8, 4) is 11.5 Å². The Kier molecular flexibility index (Phi) is 2.02. The molecule has 0 fully saturated rings. The average Bonchev–Trinajstić information content (AvgIpc) is 2.51. The van der Waals surface area contributed by atoms with Crippen molar-refractivity contribution in [1.29, 1.82) is 0 Å². The summed E-state index contributed by atoms with van der Waals surface area (Å²) in [5, 5.41) is 0. The number of nitrogen functional groups attached to an aromatic ring is 1. The molecule has 0 aliphatic heterocycles. The van der Waals surface area contributed by atoms with Crippen molar-refractivity contribution in [3.63, 3.8) is 0 Å². The molecule has 2 heterocycles. The lowest BCUT2D eigenvalue weighted by Gasteiger charge is -1.96. The van der Waals surface area contributed by atoms with Crippen molar-refractivity contribution >= 4 is 21.9 Å².